The number of nitrogens with one attached hydrogen (secondary N) is 1. The molecular weight excluding hydrogens is 378 g/mol. The lowest BCUT2D eigenvalue weighted by molar-refractivity contribution is 0.459. The molecule has 2 aromatic heterocycles. The van der Waals surface area contributed by atoms with Crippen molar-refractivity contribution in [1.82, 2.24) is 19.5 Å². The van der Waals surface area contributed by atoms with E-state index in [0.717, 1.165) is 12.2 Å². The van der Waals surface area contributed by atoms with Gasteiger partial charge in [-0.3, -0.25) is 9.29 Å². The van der Waals surface area contributed by atoms with Crippen molar-refractivity contribution in [2.75, 3.05) is 10.5 Å². The largest absolute Gasteiger partial charge is 0.439 e. The van der Waals surface area contributed by atoms with Crippen molar-refractivity contribution < 1.29 is 13.2 Å². The van der Waals surface area contributed by atoms with Crippen molar-refractivity contribution in [3.63, 3.8) is 0 Å². The highest BCUT2D eigenvalue weighted by molar-refractivity contribution is 7.92. The first-order valence-corrected chi connectivity index (χ1v) is 10.7. The number of rotatable bonds is 8. The van der Waals surface area contributed by atoms with E-state index in [1.54, 1.807) is 43.5 Å². The number of aromatic nitrogens is 4. The molecule has 0 amide bonds. The number of unbranched alkanes of at least 4 members (excludes halogenated alkanes) is 1. The van der Waals surface area contributed by atoms with Gasteiger partial charge in [-0.05, 0) is 44.5 Å². The standard InChI is InChI=1S/C19H23N5O3S/c1-4-5-12-28(25,26)23-16-6-8-17(9-7-16)27-19-13-18(21-14(2)22-19)24-11-10-20-15(24)3/h6-11,13,23H,4-5,12H2,1-3H3. The second kappa shape index (κ2) is 8.39. The van der Waals surface area contributed by atoms with Crippen molar-refractivity contribution in [1.29, 1.82) is 0 Å². The predicted octanol–water partition coefficient (Wildman–Crippen LogP) is 3.61. The minimum atomic E-state index is -3.33. The van der Waals surface area contributed by atoms with Crippen LogP contribution in [0, 0.1) is 13.8 Å². The minimum absolute atomic E-state index is 0.110. The van der Waals surface area contributed by atoms with Crippen molar-refractivity contribution in [2.24, 2.45) is 0 Å². The maximum absolute atomic E-state index is 12.0. The summed E-state index contributed by atoms with van der Waals surface area (Å²) in [5.41, 5.74) is 0.497. The van der Waals surface area contributed by atoms with Crippen LogP contribution in [0.1, 0.15) is 31.4 Å². The number of nitrogens with zero attached hydrogens (tertiary/aromatic N) is 4. The third kappa shape index (κ3) is 5.07. The normalized spacial score (nSPS) is 11.4. The lowest BCUT2D eigenvalue weighted by Gasteiger charge is -2.11. The van der Waals surface area contributed by atoms with Gasteiger partial charge in [-0.15, -0.1) is 0 Å². The summed E-state index contributed by atoms with van der Waals surface area (Å²) in [6.45, 7) is 5.63. The predicted molar refractivity (Wildman–Crippen MR) is 107 cm³/mol. The quantitative estimate of drug-likeness (QED) is 0.619. The molecule has 0 fully saturated rings. The highest BCUT2D eigenvalue weighted by Gasteiger charge is 2.11. The molecule has 0 saturated carbocycles. The molecule has 2 heterocycles. The molecule has 0 radical (unpaired) electrons. The Morgan fingerprint density at radius 3 is 2.54 bits per heavy atom. The maximum atomic E-state index is 12.0. The van der Waals surface area contributed by atoms with E-state index >= 15 is 0 Å². The first-order valence-electron chi connectivity index (χ1n) is 9.01. The fourth-order valence-electron chi connectivity index (χ4n) is 2.60. The Hall–Kier alpha value is -2.94. The average molecular weight is 401 g/mol. The summed E-state index contributed by atoms with van der Waals surface area (Å²) in [5.74, 6) is 3.09. The molecule has 3 aromatic rings. The first kappa shape index (κ1) is 19.8. The number of ether oxygens (including phenoxy) is 1. The first-order chi connectivity index (χ1) is 13.4. The van der Waals surface area contributed by atoms with Gasteiger partial charge in [0.25, 0.3) is 0 Å². The van der Waals surface area contributed by atoms with Crippen molar-refractivity contribution in [3.8, 4) is 17.4 Å². The van der Waals surface area contributed by atoms with E-state index in [-0.39, 0.29) is 5.75 Å². The summed E-state index contributed by atoms with van der Waals surface area (Å²) in [6.07, 6.45) is 4.98. The van der Waals surface area contributed by atoms with Gasteiger partial charge in [0.2, 0.25) is 15.9 Å². The molecule has 3 rings (SSSR count). The van der Waals surface area contributed by atoms with Crippen LogP contribution in [0.5, 0.6) is 11.6 Å². The number of sulfonamides is 1. The molecule has 148 valence electrons. The van der Waals surface area contributed by atoms with Crippen LogP contribution < -0.4 is 9.46 Å². The van der Waals surface area contributed by atoms with Gasteiger partial charge in [0, 0.05) is 24.1 Å². The van der Waals surface area contributed by atoms with Crippen LogP contribution in [0.4, 0.5) is 5.69 Å². The Balaban J connectivity index is 1.74. The lowest BCUT2D eigenvalue weighted by atomic mass is 10.3. The molecule has 1 aromatic carbocycles. The highest BCUT2D eigenvalue weighted by atomic mass is 32.2. The molecule has 0 aliphatic carbocycles. The van der Waals surface area contributed by atoms with Gasteiger partial charge in [0.1, 0.15) is 23.2 Å². The van der Waals surface area contributed by atoms with Gasteiger partial charge >= 0.3 is 0 Å². The molecule has 9 heteroatoms. The molecule has 0 spiro atoms. The zero-order chi connectivity index (χ0) is 20.1. The Bertz CT molecular complexity index is 1050. The SMILES string of the molecule is CCCCS(=O)(=O)Nc1ccc(Oc2cc(-n3ccnc3C)nc(C)n2)cc1. The van der Waals surface area contributed by atoms with Crippen LogP contribution in [0.25, 0.3) is 5.82 Å². The maximum Gasteiger partial charge on any atom is 0.232 e. The van der Waals surface area contributed by atoms with E-state index in [9.17, 15) is 8.42 Å². The number of aryl methyl sites for hydroxylation is 2. The smallest absolute Gasteiger partial charge is 0.232 e. The van der Waals surface area contributed by atoms with Gasteiger partial charge in [-0.25, -0.2) is 18.4 Å². The topological polar surface area (TPSA) is 99.0 Å². The number of hydrogen-bond acceptors (Lipinski definition) is 6. The molecule has 0 aliphatic heterocycles. The fourth-order valence-corrected chi connectivity index (χ4v) is 3.86. The number of anilines is 1. The molecule has 0 aliphatic rings. The Morgan fingerprint density at radius 1 is 1.14 bits per heavy atom. The third-order valence-electron chi connectivity index (χ3n) is 3.99. The van der Waals surface area contributed by atoms with Crippen LogP contribution in [-0.4, -0.2) is 33.7 Å². The van der Waals surface area contributed by atoms with Gasteiger partial charge in [-0.2, -0.15) is 4.98 Å². The summed E-state index contributed by atoms with van der Waals surface area (Å²) in [6, 6.07) is 8.43. The molecule has 0 unspecified atom stereocenters. The number of imidazole rings is 1. The van der Waals surface area contributed by atoms with E-state index < -0.39 is 10.0 Å². The van der Waals surface area contributed by atoms with Crippen LogP contribution in [0.3, 0.4) is 0 Å². The summed E-state index contributed by atoms with van der Waals surface area (Å²) in [4.78, 5) is 12.9. The molecule has 0 saturated heterocycles. The Kier molecular flexibility index (Phi) is 5.93. The van der Waals surface area contributed by atoms with Gasteiger partial charge in [-0.1, -0.05) is 13.3 Å². The minimum Gasteiger partial charge on any atom is -0.439 e. The van der Waals surface area contributed by atoms with Crippen LogP contribution in [0.15, 0.2) is 42.7 Å². The lowest BCUT2D eigenvalue weighted by Crippen LogP contribution is -2.16. The molecule has 0 atom stereocenters. The second-order valence-corrected chi connectivity index (χ2v) is 8.20. The van der Waals surface area contributed by atoms with E-state index in [0.29, 0.717) is 35.4 Å². The average Bonchev–Trinajstić information content (AvgIpc) is 3.07. The second-order valence-electron chi connectivity index (χ2n) is 6.36. The van der Waals surface area contributed by atoms with E-state index in [2.05, 4.69) is 19.7 Å². The molecular formula is C19H23N5O3S. The molecule has 0 bridgehead atoms. The van der Waals surface area contributed by atoms with Crippen molar-refractivity contribution in [3.05, 3.63) is 54.4 Å². The van der Waals surface area contributed by atoms with Gasteiger partial charge < -0.3 is 4.74 Å². The van der Waals surface area contributed by atoms with Crippen LogP contribution in [-0.2, 0) is 10.0 Å². The van der Waals surface area contributed by atoms with Gasteiger partial charge in [0.05, 0.1) is 5.75 Å². The number of hydrogen-bond donors (Lipinski definition) is 1. The van der Waals surface area contributed by atoms with E-state index in [1.807, 2.05) is 24.6 Å². The highest BCUT2D eigenvalue weighted by Crippen LogP contribution is 2.24. The van der Waals surface area contributed by atoms with Crippen molar-refractivity contribution in [2.45, 2.75) is 33.6 Å². The monoisotopic (exact) mass is 401 g/mol. The van der Waals surface area contributed by atoms with Gasteiger partial charge in [0.15, 0.2) is 0 Å². The fraction of sp³-hybridized carbons (Fsp3) is 0.316. The Labute approximate surface area is 164 Å². The van der Waals surface area contributed by atoms with E-state index in [1.165, 1.54) is 0 Å². The van der Waals surface area contributed by atoms with Crippen LogP contribution in [0.2, 0.25) is 0 Å². The zero-order valence-corrected chi connectivity index (χ0v) is 16.9. The Morgan fingerprint density at radius 2 is 1.89 bits per heavy atom. The summed E-state index contributed by atoms with van der Waals surface area (Å²) < 4.78 is 34.2. The van der Waals surface area contributed by atoms with E-state index in [4.69, 9.17) is 4.74 Å². The molecule has 8 nitrogen and oxygen atoms in total. The molecule has 1 N–H and O–H groups in total. The molecule has 28 heavy (non-hydrogen) atoms. The summed E-state index contributed by atoms with van der Waals surface area (Å²) in [5, 5.41) is 0. The third-order valence-corrected chi connectivity index (χ3v) is 5.36. The van der Waals surface area contributed by atoms with Crippen LogP contribution >= 0.6 is 0 Å². The summed E-state index contributed by atoms with van der Waals surface area (Å²) in [7, 11) is -3.33. The zero-order valence-electron chi connectivity index (χ0n) is 16.1. The van der Waals surface area contributed by atoms with Crippen molar-refractivity contribution >= 4 is 15.7 Å². The number of benzene rings is 1. The summed E-state index contributed by atoms with van der Waals surface area (Å²) >= 11 is 0.